The van der Waals surface area contributed by atoms with Crippen LogP contribution in [0.3, 0.4) is 0 Å². The van der Waals surface area contributed by atoms with Crippen molar-refractivity contribution in [2.45, 2.75) is 19.4 Å². The SMILES string of the molecule is COC(=O)[C@@H]1CC=C[C@H](C)NC1. The number of methoxy groups -OCH3 is 1. The summed E-state index contributed by atoms with van der Waals surface area (Å²) in [7, 11) is 1.43. The van der Waals surface area contributed by atoms with Crippen molar-refractivity contribution in [3.8, 4) is 0 Å². The molecule has 12 heavy (non-hydrogen) atoms. The van der Waals surface area contributed by atoms with Gasteiger partial charge in [-0.05, 0) is 13.3 Å². The van der Waals surface area contributed by atoms with Gasteiger partial charge >= 0.3 is 5.97 Å². The van der Waals surface area contributed by atoms with Crippen LogP contribution in [0.1, 0.15) is 13.3 Å². The van der Waals surface area contributed by atoms with Crippen molar-refractivity contribution in [2.24, 2.45) is 5.92 Å². The van der Waals surface area contributed by atoms with E-state index in [9.17, 15) is 4.79 Å². The summed E-state index contributed by atoms with van der Waals surface area (Å²) < 4.78 is 4.67. The molecule has 68 valence electrons. The van der Waals surface area contributed by atoms with Gasteiger partial charge in [0, 0.05) is 12.6 Å². The quantitative estimate of drug-likeness (QED) is 0.464. The average molecular weight is 169 g/mol. The molecule has 1 N–H and O–H groups in total. The summed E-state index contributed by atoms with van der Waals surface area (Å²) in [5.41, 5.74) is 0. The lowest BCUT2D eigenvalue weighted by Gasteiger charge is -2.12. The lowest BCUT2D eigenvalue weighted by molar-refractivity contribution is -0.145. The molecule has 1 heterocycles. The van der Waals surface area contributed by atoms with Crippen LogP contribution in [0.5, 0.6) is 0 Å². The number of carbonyl (C=O) groups excluding carboxylic acids is 1. The van der Waals surface area contributed by atoms with E-state index in [-0.39, 0.29) is 11.9 Å². The van der Waals surface area contributed by atoms with E-state index in [1.165, 1.54) is 7.11 Å². The molecule has 1 aliphatic heterocycles. The molecular weight excluding hydrogens is 154 g/mol. The molecule has 0 saturated heterocycles. The molecule has 0 fully saturated rings. The Balaban J connectivity index is 2.48. The molecule has 1 rings (SSSR count). The third-order valence-electron chi connectivity index (χ3n) is 2.07. The highest BCUT2D eigenvalue weighted by atomic mass is 16.5. The van der Waals surface area contributed by atoms with Crippen LogP contribution in [0, 0.1) is 5.92 Å². The van der Waals surface area contributed by atoms with Crippen molar-refractivity contribution < 1.29 is 9.53 Å². The molecule has 3 nitrogen and oxygen atoms in total. The van der Waals surface area contributed by atoms with Gasteiger partial charge in [0.2, 0.25) is 0 Å². The van der Waals surface area contributed by atoms with Crippen LogP contribution in [0.15, 0.2) is 12.2 Å². The lowest BCUT2D eigenvalue weighted by atomic mass is 10.1. The van der Waals surface area contributed by atoms with Crippen LogP contribution in [0.4, 0.5) is 0 Å². The second kappa shape index (κ2) is 4.26. The van der Waals surface area contributed by atoms with E-state index >= 15 is 0 Å². The molecule has 0 radical (unpaired) electrons. The number of carbonyl (C=O) groups is 1. The largest absolute Gasteiger partial charge is 0.469 e. The number of hydrogen-bond acceptors (Lipinski definition) is 3. The summed E-state index contributed by atoms with van der Waals surface area (Å²) in [6, 6.07) is 0.361. The Morgan fingerprint density at radius 2 is 2.42 bits per heavy atom. The third-order valence-corrected chi connectivity index (χ3v) is 2.07. The first-order valence-corrected chi connectivity index (χ1v) is 4.22. The Bertz CT molecular complexity index is 189. The lowest BCUT2D eigenvalue weighted by Crippen LogP contribution is -2.31. The van der Waals surface area contributed by atoms with Gasteiger partial charge in [0.1, 0.15) is 0 Å². The second-order valence-corrected chi connectivity index (χ2v) is 3.08. The number of nitrogens with one attached hydrogen (secondary N) is 1. The summed E-state index contributed by atoms with van der Waals surface area (Å²) in [5, 5.41) is 3.22. The van der Waals surface area contributed by atoms with E-state index in [4.69, 9.17) is 0 Å². The molecular formula is C9H15NO2. The third kappa shape index (κ3) is 2.34. The molecule has 0 aliphatic carbocycles. The van der Waals surface area contributed by atoms with Gasteiger partial charge in [-0.2, -0.15) is 0 Å². The zero-order valence-electron chi connectivity index (χ0n) is 7.54. The standard InChI is InChI=1S/C9H15NO2/c1-7-4-3-5-8(6-10-7)9(11)12-2/h3-4,7-8,10H,5-6H2,1-2H3/t7-,8+/m0/s1. The summed E-state index contributed by atoms with van der Waals surface area (Å²) in [6.07, 6.45) is 4.89. The van der Waals surface area contributed by atoms with Gasteiger partial charge in [0.15, 0.2) is 0 Å². The molecule has 0 spiro atoms. The number of esters is 1. The van der Waals surface area contributed by atoms with Crippen LogP contribution >= 0.6 is 0 Å². The van der Waals surface area contributed by atoms with Crippen molar-refractivity contribution >= 4 is 5.97 Å². The van der Waals surface area contributed by atoms with E-state index in [1.807, 2.05) is 6.08 Å². The Kier molecular flexibility index (Phi) is 3.29. The molecule has 0 amide bonds. The molecule has 0 bridgehead atoms. The van der Waals surface area contributed by atoms with Gasteiger partial charge in [-0.15, -0.1) is 0 Å². The van der Waals surface area contributed by atoms with Crippen LogP contribution in [-0.4, -0.2) is 25.7 Å². The van der Waals surface area contributed by atoms with Crippen LogP contribution in [0.2, 0.25) is 0 Å². The maximum absolute atomic E-state index is 11.1. The Morgan fingerprint density at radius 1 is 1.67 bits per heavy atom. The van der Waals surface area contributed by atoms with Gasteiger partial charge in [-0.3, -0.25) is 4.79 Å². The number of hydrogen-bond donors (Lipinski definition) is 1. The van der Waals surface area contributed by atoms with Crippen molar-refractivity contribution in [3.05, 3.63) is 12.2 Å². The van der Waals surface area contributed by atoms with Gasteiger partial charge < -0.3 is 10.1 Å². The normalized spacial score (nSPS) is 29.5. The van der Waals surface area contributed by atoms with E-state index < -0.39 is 0 Å². The highest BCUT2D eigenvalue weighted by Gasteiger charge is 2.19. The van der Waals surface area contributed by atoms with Gasteiger partial charge in [0.25, 0.3) is 0 Å². The molecule has 0 aromatic carbocycles. The maximum atomic E-state index is 11.1. The molecule has 0 saturated carbocycles. The first-order chi connectivity index (χ1) is 5.74. The predicted molar refractivity (Wildman–Crippen MR) is 46.7 cm³/mol. The Hall–Kier alpha value is -0.830. The molecule has 0 unspecified atom stereocenters. The minimum absolute atomic E-state index is 0.0174. The van der Waals surface area contributed by atoms with E-state index in [0.29, 0.717) is 12.6 Å². The van der Waals surface area contributed by atoms with Crippen molar-refractivity contribution in [1.29, 1.82) is 0 Å². The monoisotopic (exact) mass is 169 g/mol. The average Bonchev–Trinajstić information content (AvgIpc) is 2.29. The van der Waals surface area contributed by atoms with Gasteiger partial charge in [-0.1, -0.05) is 12.2 Å². The highest BCUT2D eigenvalue weighted by molar-refractivity contribution is 5.72. The number of allylic oxidation sites excluding steroid dienone is 1. The summed E-state index contributed by atoms with van der Waals surface area (Å²) in [6.45, 7) is 2.77. The van der Waals surface area contributed by atoms with Gasteiger partial charge in [0.05, 0.1) is 13.0 Å². The minimum Gasteiger partial charge on any atom is -0.469 e. The fourth-order valence-corrected chi connectivity index (χ4v) is 1.27. The van der Waals surface area contributed by atoms with E-state index in [1.54, 1.807) is 0 Å². The maximum Gasteiger partial charge on any atom is 0.310 e. The molecule has 0 aromatic heterocycles. The molecule has 0 aromatic rings. The smallest absolute Gasteiger partial charge is 0.310 e. The van der Waals surface area contributed by atoms with Crippen molar-refractivity contribution in [1.82, 2.24) is 5.32 Å². The highest BCUT2D eigenvalue weighted by Crippen LogP contribution is 2.09. The fraction of sp³-hybridized carbons (Fsp3) is 0.667. The van der Waals surface area contributed by atoms with Crippen LogP contribution < -0.4 is 5.32 Å². The summed E-state index contributed by atoms with van der Waals surface area (Å²) in [5.74, 6) is -0.141. The first kappa shape index (κ1) is 9.26. The molecule has 3 heteroatoms. The second-order valence-electron chi connectivity index (χ2n) is 3.08. The van der Waals surface area contributed by atoms with Crippen LogP contribution in [-0.2, 0) is 9.53 Å². The van der Waals surface area contributed by atoms with Crippen molar-refractivity contribution in [3.63, 3.8) is 0 Å². The number of rotatable bonds is 1. The fourth-order valence-electron chi connectivity index (χ4n) is 1.27. The van der Waals surface area contributed by atoms with E-state index in [0.717, 1.165) is 6.42 Å². The topological polar surface area (TPSA) is 38.3 Å². The molecule has 2 atom stereocenters. The zero-order chi connectivity index (χ0) is 8.97. The van der Waals surface area contributed by atoms with Crippen LogP contribution in [0.25, 0.3) is 0 Å². The number of ether oxygens (including phenoxy) is 1. The zero-order valence-corrected chi connectivity index (χ0v) is 7.54. The predicted octanol–water partition coefficient (Wildman–Crippen LogP) is 0.714. The first-order valence-electron chi connectivity index (χ1n) is 4.22. The van der Waals surface area contributed by atoms with Crippen molar-refractivity contribution in [2.75, 3.05) is 13.7 Å². The minimum atomic E-state index is -0.124. The Labute approximate surface area is 72.8 Å². The Morgan fingerprint density at radius 3 is 3.08 bits per heavy atom. The van der Waals surface area contributed by atoms with E-state index in [2.05, 4.69) is 23.1 Å². The summed E-state index contributed by atoms with van der Waals surface area (Å²) >= 11 is 0. The summed E-state index contributed by atoms with van der Waals surface area (Å²) in [4.78, 5) is 11.1. The van der Waals surface area contributed by atoms with Gasteiger partial charge in [-0.25, -0.2) is 0 Å². The molecule has 1 aliphatic rings.